The molecule has 2 aromatic carbocycles. The first kappa shape index (κ1) is 17.7. The van der Waals surface area contributed by atoms with E-state index in [1.807, 2.05) is 48.5 Å². The van der Waals surface area contributed by atoms with Crippen LogP contribution in [0.5, 0.6) is 0 Å². The van der Waals surface area contributed by atoms with Crippen molar-refractivity contribution in [3.05, 3.63) is 58.6 Å². The molecule has 0 atom stereocenters. The van der Waals surface area contributed by atoms with Crippen LogP contribution in [0.2, 0.25) is 0 Å². The fourth-order valence-corrected chi connectivity index (χ4v) is 2.95. The normalized spacial score (nSPS) is 10.6. The van der Waals surface area contributed by atoms with Crippen LogP contribution in [-0.4, -0.2) is 21.9 Å². The van der Waals surface area contributed by atoms with Crippen LogP contribution in [0.15, 0.2) is 62.6 Å². The Morgan fingerprint density at radius 3 is 2.52 bits per heavy atom. The van der Waals surface area contributed by atoms with Crippen molar-refractivity contribution >= 4 is 39.3 Å². The van der Waals surface area contributed by atoms with Gasteiger partial charge in [-0.15, -0.1) is 10.2 Å². The summed E-state index contributed by atoms with van der Waals surface area (Å²) in [5, 5.41) is 11.2. The molecule has 0 spiro atoms. The highest BCUT2D eigenvalue weighted by Gasteiger charge is 2.11. The van der Waals surface area contributed by atoms with Gasteiger partial charge in [0, 0.05) is 15.7 Å². The monoisotopic (exact) mass is 417 g/mol. The summed E-state index contributed by atoms with van der Waals surface area (Å²) in [4.78, 5) is 12.0. The van der Waals surface area contributed by atoms with Gasteiger partial charge in [0.15, 0.2) is 0 Å². The zero-order valence-electron chi connectivity index (χ0n) is 13.5. The molecule has 0 fully saturated rings. The molecule has 0 radical (unpaired) electrons. The molecule has 0 unspecified atom stereocenters. The maximum atomic E-state index is 12.0. The number of aromatic nitrogens is 2. The molecule has 0 aliphatic heterocycles. The van der Waals surface area contributed by atoms with Crippen molar-refractivity contribution in [3.63, 3.8) is 0 Å². The molecule has 7 heteroatoms. The molecular formula is C18H16BrN3O2S. The van der Waals surface area contributed by atoms with Crippen molar-refractivity contribution < 1.29 is 9.21 Å². The van der Waals surface area contributed by atoms with E-state index < -0.39 is 0 Å². The first-order chi connectivity index (χ1) is 12.1. The summed E-state index contributed by atoms with van der Waals surface area (Å²) < 4.78 is 6.57. The molecule has 1 amide bonds. The molecule has 0 saturated carbocycles. The quantitative estimate of drug-likeness (QED) is 0.583. The van der Waals surface area contributed by atoms with Gasteiger partial charge in [-0.3, -0.25) is 4.79 Å². The van der Waals surface area contributed by atoms with Gasteiger partial charge in [-0.2, -0.15) is 0 Å². The fourth-order valence-electron chi connectivity index (χ4n) is 2.13. The van der Waals surface area contributed by atoms with E-state index in [-0.39, 0.29) is 11.7 Å². The number of thioether (sulfide) groups is 1. The predicted molar refractivity (Wildman–Crippen MR) is 103 cm³/mol. The number of rotatable bonds is 6. The molecule has 128 valence electrons. The third kappa shape index (κ3) is 4.93. The first-order valence-electron chi connectivity index (χ1n) is 7.75. The summed E-state index contributed by atoms with van der Waals surface area (Å²) in [6.07, 6.45) is 0.974. The Morgan fingerprint density at radius 1 is 1.12 bits per heavy atom. The Morgan fingerprint density at radius 2 is 1.84 bits per heavy atom. The molecule has 0 aliphatic rings. The summed E-state index contributed by atoms with van der Waals surface area (Å²) in [5.74, 6) is 0.528. The highest BCUT2D eigenvalue weighted by Crippen LogP contribution is 2.24. The highest BCUT2D eigenvalue weighted by atomic mass is 79.9. The van der Waals surface area contributed by atoms with Crippen LogP contribution in [0.1, 0.15) is 12.5 Å². The lowest BCUT2D eigenvalue weighted by atomic mass is 10.1. The third-order valence-electron chi connectivity index (χ3n) is 3.47. The van der Waals surface area contributed by atoms with E-state index in [1.165, 1.54) is 17.3 Å². The van der Waals surface area contributed by atoms with Gasteiger partial charge in [0.25, 0.3) is 5.22 Å². The zero-order chi connectivity index (χ0) is 17.6. The number of aryl methyl sites for hydroxylation is 1. The largest absolute Gasteiger partial charge is 0.411 e. The minimum Gasteiger partial charge on any atom is -0.411 e. The average molecular weight is 418 g/mol. The maximum absolute atomic E-state index is 12.0. The minimum absolute atomic E-state index is 0.113. The molecule has 25 heavy (non-hydrogen) atoms. The van der Waals surface area contributed by atoms with Crippen LogP contribution in [0.4, 0.5) is 5.69 Å². The molecular weight excluding hydrogens is 402 g/mol. The second kappa shape index (κ2) is 8.31. The number of anilines is 1. The van der Waals surface area contributed by atoms with E-state index in [0.717, 1.165) is 22.1 Å². The van der Waals surface area contributed by atoms with Crippen molar-refractivity contribution in [1.29, 1.82) is 0 Å². The molecule has 1 heterocycles. The molecule has 0 saturated heterocycles. The second-order valence-electron chi connectivity index (χ2n) is 5.27. The van der Waals surface area contributed by atoms with Gasteiger partial charge in [-0.1, -0.05) is 46.7 Å². The van der Waals surface area contributed by atoms with Gasteiger partial charge in [-0.05, 0) is 48.4 Å². The van der Waals surface area contributed by atoms with E-state index in [9.17, 15) is 4.79 Å². The maximum Gasteiger partial charge on any atom is 0.277 e. The zero-order valence-corrected chi connectivity index (χ0v) is 15.9. The number of amides is 1. The molecule has 3 aromatic rings. The lowest BCUT2D eigenvalue weighted by molar-refractivity contribution is -0.113. The minimum atomic E-state index is -0.113. The number of nitrogens with one attached hydrogen (secondary N) is 1. The van der Waals surface area contributed by atoms with Crippen LogP contribution >= 0.6 is 27.7 Å². The van der Waals surface area contributed by atoms with Crippen molar-refractivity contribution in [2.24, 2.45) is 0 Å². The molecule has 3 rings (SSSR count). The Kier molecular flexibility index (Phi) is 5.88. The highest BCUT2D eigenvalue weighted by molar-refractivity contribution is 9.10. The predicted octanol–water partition coefficient (Wildman–Crippen LogP) is 4.79. The first-order valence-corrected chi connectivity index (χ1v) is 9.53. The standard InChI is InChI=1S/C18H16BrN3O2S/c1-2-12-3-9-15(10-4-12)20-16(23)11-25-18-22-21-17(24-18)13-5-7-14(19)8-6-13/h3-10H,2,11H2,1H3,(H,20,23). The number of hydrogen-bond acceptors (Lipinski definition) is 5. The smallest absolute Gasteiger partial charge is 0.277 e. The lowest BCUT2D eigenvalue weighted by Gasteiger charge is -2.04. The summed E-state index contributed by atoms with van der Waals surface area (Å²) in [6, 6.07) is 15.4. The molecule has 1 aromatic heterocycles. The van der Waals surface area contributed by atoms with E-state index in [2.05, 4.69) is 38.4 Å². The number of carbonyl (C=O) groups is 1. The van der Waals surface area contributed by atoms with Gasteiger partial charge in [0.05, 0.1) is 5.75 Å². The van der Waals surface area contributed by atoms with E-state index in [1.54, 1.807) is 0 Å². The van der Waals surface area contributed by atoms with Gasteiger partial charge >= 0.3 is 0 Å². The summed E-state index contributed by atoms with van der Waals surface area (Å²) in [6.45, 7) is 2.09. The van der Waals surface area contributed by atoms with Crippen molar-refractivity contribution in [3.8, 4) is 11.5 Å². The molecule has 5 nitrogen and oxygen atoms in total. The summed E-state index contributed by atoms with van der Waals surface area (Å²) in [7, 11) is 0. The molecule has 0 aliphatic carbocycles. The fraction of sp³-hybridized carbons (Fsp3) is 0.167. The van der Waals surface area contributed by atoms with Crippen LogP contribution in [0, 0.1) is 0 Å². The summed E-state index contributed by atoms with van der Waals surface area (Å²) in [5.41, 5.74) is 2.85. The van der Waals surface area contributed by atoms with Gasteiger partial charge in [0.1, 0.15) is 0 Å². The number of carbonyl (C=O) groups excluding carboxylic acids is 1. The third-order valence-corrected chi connectivity index (χ3v) is 4.82. The average Bonchev–Trinajstić information content (AvgIpc) is 3.10. The van der Waals surface area contributed by atoms with Crippen LogP contribution < -0.4 is 5.32 Å². The Labute approximate surface area is 158 Å². The van der Waals surface area contributed by atoms with E-state index >= 15 is 0 Å². The number of nitrogens with zero attached hydrogens (tertiary/aromatic N) is 2. The van der Waals surface area contributed by atoms with Gasteiger partial charge in [-0.25, -0.2) is 0 Å². The lowest BCUT2D eigenvalue weighted by Crippen LogP contribution is -2.13. The summed E-state index contributed by atoms with van der Waals surface area (Å²) >= 11 is 4.60. The van der Waals surface area contributed by atoms with Crippen LogP contribution in [-0.2, 0) is 11.2 Å². The number of benzene rings is 2. The van der Waals surface area contributed by atoms with E-state index in [4.69, 9.17) is 4.42 Å². The molecule has 1 N–H and O–H groups in total. The number of hydrogen-bond donors (Lipinski definition) is 1. The van der Waals surface area contributed by atoms with Gasteiger partial charge < -0.3 is 9.73 Å². The van der Waals surface area contributed by atoms with Crippen molar-refractivity contribution in [2.75, 3.05) is 11.1 Å². The number of halogens is 1. The van der Waals surface area contributed by atoms with Crippen LogP contribution in [0.25, 0.3) is 11.5 Å². The Balaban J connectivity index is 1.54. The SMILES string of the molecule is CCc1ccc(NC(=O)CSc2nnc(-c3ccc(Br)cc3)o2)cc1. The van der Waals surface area contributed by atoms with Crippen molar-refractivity contribution in [2.45, 2.75) is 18.6 Å². The Hall–Kier alpha value is -2.12. The van der Waals surface area contributed by atoms with E-state index in [0.29, 0.717) is 11.1 Å². The van der Waals surface area contributed by atoms with Crippen molar-refractivity contribution in [1.82, 2.24) is 10.2 Å². The Bertz CT molecular complexity index is 848. The molecule has 0 bridgehead atoms. The second-order valence-corrected chi connectivity index (χ2v) is 7.11. The van der Waals surface area contributed by atoms with Gasteiger partial charge in [0.2, 0.25) is 11.8 Å². The van der Waals surface area contributed by atoms with Crippen LogP contribution in [0.3, 0.4) is 0 Å². The topological polar surface area (TPSA) is 68.0 Å².